The molecule has 0 radical (unpaired) electrons. The van der Waals surface area contributed by atoms with Crippen LogP contribution in [0.5, 0.6) is 17.2 Å². The summed E-state index contributed by atoms with van der Waals surface area (Å²) in [7, 11) is 1.46. The molecule has 0 fully saturated rings. The molecule has 1 atom stereocenters. The number of ether oxygens (including phenoxy) is 1. The molecular formula is C19H22ClNO3. The summed E-state index contributed by atoms with van der Waals surface area (Å²) >= 11 is 6.01. The average Bonchev–Trinajstić information content (AvgIpc) is 2.56. The molecule has 0 bridgehead atoms. The number of methoxy groups -OCH3 is 1. The number of halogens is 1. The van der Waals surface area contributed by atoms with Gasteiger partial charge in [-0.2, -0.15) is 0 Å². The summed E-state index contributed by atoms with van der Waals surface area (Å²) in [6.07, 6.45) is 3.63. The molecule has 0 spiro atoms. The van der Waals surface area contributed by atoms with Crippen LogP contribution in [-0.4, -0.2) is 23.5 Å². The lowest BCUT2D eigenvalue weighted by Crippen LogP contribution is -1.92. The summed E-state index contributed by atoms with van der Waals surface area (Å²) < 4.78 is 5.07. The molecule has 0 saturated carbocycles. The molecule has 0 aromatic heterocycles. The lowest BCUT2D eigenvalue weighted by Gasteiger charge is -2.12. The zero-order valence-electron chi connectivity index (χ0n) is 14.1. The van der Waals surface area contributed by atoms with Gasteiger partial charge in [-0.25, -0.2) is 0 Å². The Kier molecular flexibility index (Phi) is 6.10. The Bertz CT molecular complexity index is 744. The number of aliphatic imine (C=N–C) groups is 1. The Labute approximate surface area is 147 Å². The summed E-state index contributed by atoms with van der Waals surface area (Å²) in [6.45, 7) is 4.29. The van der Waals surface area contributed by atoms with E-state index >= 15 is 0 Å². The molecule has 5 heteroatoms. The van der Waals surface area contributed by atoms with E-state index in [0.29, 0.717) is 22.2 Å². The minimum atomic E-state index is -0.0411. The summed E-state index contributed by atoms with van der Waals surface area (Å²) in [4.78, 5) is 4.31. The van der Waals surface area contributed by atoms with Gasteiger partial charge < -0.3 is 14.9 Å². The second kappa shape index (κ2) is 8.06. The summed E-state index contributed by atoms with van der Waals surface area (Å²) in [6, 6.07) is 8.54. The van der Waals surface area contributed by atoms with Crippen LogP contribution in [0.25, 0.3) is 0 Å². The van der Waals surface area contributed by atoms with E-state index in [1.54, 1.807) is 12.1 Å². The molecule has 24 heavy (non-hydrogen) atoms. The third kappa shape index (κ3) is 4.20. The van der Waals surface area contributed by atoms with Crippen molar-refractivity contribution in [1.29, 1.82) is 0 Å². The molecule has 2 N–H and O–H groups in total. The van der Waals surface area contributed by atoms with Gasteiger partial charge in [0.1, 0.15) is 11.4 Å². The Morgan fingerprint density at radius 2 is 2.00 bits per heavy atom. The van der Waals surface area contributed by atoms with Crippen LogP contribution in [-0.2, 0) is 0 Å². The SMILES string of the molecule is CCC[C@@H](C)c1ccc(O)c(N=Cc2cc(Cl)cc(OC)c2O)c1. The van der Waals surface area contributed by atoms with Crippen LogP contribution in [0.2, 0.25) is 5.02 Å². The van der Waals surface area contributed by atoms with Gasteiger partial charge in [-0.15, -0.1) is 0 Å². The van der Waals surface area contributed by atoms with Crippen molar-refractivity contribution >= 4 is 23.5 Å². The number of nitrogens with zero attached hydrogens (tertiary/aromatic N) is 1. The van der Waals surface area contributed by atoms with Gasteiger partial charge in [0.2, 0.25) is 0 Å². The lowest BCUT2D eigenvalue weighted by atomic mass is 9.96. The van der Waals surface area contributed by atoms with Gasteiger partial charge in [-0.1, -0.05) is 37.9 Å². The maximum atomic E-state index is 10.1. The molecular weight excluding hydrogens is 326 g/mol. The first kappa shape index (κ1) is 18.1. The Morgan fingerprint density at radius 1 is 1.25 bits per heavy atom. The maximum absolute atomic E-state index is 10.1. The van der Waals surface area contributed by atoms with E-state index in [2.05, 4.69) is 18.8 Å². The fourth-order valence-corrected chi connectivity index (χ4v) is 2.75. The largest absolute Gasteiger partial charge is 0.506 e. The highest BCUT2D eigenvalue weighted by Gasteiger charge is 2.10. The van der Waals surface area contributed by atoms with Gasteiger partial charge in [0, 0.05) is 22.9 Å². The predicted octanol–water partition coefficient (Wildman–Crippen LogP) is 5.41. The Morgan fingerprint density at radius 3 is 2.67 bits per heavy atom. The van der Waals surface area contributed by atoms with Gasteiger partial charge in [0.15, 0.2) is 11.5 Å². The van der Waals surface area contributed by atoms with Crippen molar-refractivity contribution in [3.8, 4) is 17.2 Å². The topological polar surface area (TPSA) is 62.1 Å². The molecule has 0 aliphatic carbocycles. The van der Waals surface area contributed by atoms with Crippen molar-refractivity contribution in [3.05, 3.63) is 46.5 Å². The van der Waals surface area contributed by atoms with Crippen LogP contribution in [0.3, 0.4) is 0 Å². The zero-order valence-corrected chi connectivity index (χ0v) is 14.8. The summed E-state index contributed by atoms with van der Waals surface area (Å²) in [5, 5.41) is 20.6. The second-order valence-electron chi connectivity index (χ2n) is 5.74. The minimum Gasteiger partial charge on any atom is -0.506 e. The zero-order chi connectivity index (χ0) is 17.7. The normalized spacial score (nSPS) is 12.5. The first-order valence-corrected chi connectivity index (χ1v) is 8.27. The highest BCUT2D eigenvalue weighted by Crippen LogP contribution is 2.34. The molecule has 0 aliphatic rings. The van der Waals surface area contributed by atoms with Gasteiger partial charge in [0.25, 0.3) is 0 Å². The van der Waals surface area contributed by atoms with Crippen LogP contribution < -0.4 is 4.74 Å². The van der Waals surface area contributed by atoms with Crippen LogP contribution in [0.1, 0.15) is 43.7 Å². The van der Waals surface area contributed by atoms with Crippen molar-refractivity contribution in [1.82, 2.24) is 0 Å². The Hall–Kier alpha value is -2.20. The molecule has 2 aromatic rings. The molecule has 0 unspecified atom stereocenters. The Balaban J connectivity index is 2.35. The van der Waals surface area contributed by atoms with E-state index in [4.69, 9.17) is 16.3 Å². The fraction of sp³-hybridized carbons (Fsp3) is 0.316. The van der Waals surface area contributed by atoms with Gasteiger partial charge in [-0.05, 0) is 36.1 Å². The molecule has 4 nitrogen and oxygen atoms in total. The smallest absolute Gasteiger partial charge is 0.166 e. The van der Waals surface area contributed by atoms with E-state index in [1.165, 1.54) is 19.4 Å². The number of hydrogen-bond donors (Lipinski definition) is 2. The standard InChI is InChI=1S/C19H22ClNO3/c1-4-5-12(2)13-6-7-17(22)16(9-13)21-11-14-8-15(20)10-18(24-3)19(14)23/h6-12,22-23H,4-5H2,1-3H3/t12-/m1/s1. The predicted molar refractivity (Wildman–Crippen MR) is 98.4 cm³/mol. The van der Waals surface area contributed by atoms with Crippen molar-refractivity contribution in [2.24, 2.45) is 4.99 Å². The molecule has 2 aromatic carbocycles. The molecule has 0 saturated heterocycles. The average molecular weight is 348 g/mol. The third-order valence-corrected chi connectivity index (χ3v) is 4.14. The van der Waals surface area contributed by atoms with E-state index in [-0.39, 0.29) is 17.2 Å². The first-order valence-electron chi connectivity index (χ1n) is 7.89. The minimum absolute atomic E-state index is 0.0411. The maximum Gasteiger partial charge on any atom is 0.166 e. The first-order chi connectivity index (χ1) is 11.5. The molecule has 128 valence electrons. The molecule has 0 amide bonds. The van der Waals surface area contributed by atoms with Gasteiger partial charge >= 0.3 is 0 Å². The number of benzene rings is 2. The van der Waals surface area contributed by atoms with Crippen molar-refractivity contribution in [2.75, 3.05) is 7.11 Å². The van der Waals surface area contributed by atoms with E-state index < -0.39 is 0 Å². The lowest BCUT2D eigenvalue weighted by molar-refractivity contribution is 0.373. The quantitative estimate of drug-likeness (QED) is 0.686. The molecule has 0 heterocycles. The van der Waals surface area contributed by atoms with Gasteiger partial charge in [0.05, 0.1) is 7.11 Å². The summed E-state index contributed by atoms with van der Waals surface area (Å²) in [5.41, 5.74) is 1.99. The highest BCUT2D eigenvalue weighted by molar-refractivity contribution is 6.31. The number of phenolic OH excluding ortho intramolecular Hbond substituents is 2. The monoisotopic (exact) mass is 347 g/mol. The van der Waals surface area contributed by atoms with Crippen LogP contribution in [0, 0.1) is 0 Å². The van der Waals surface area contributed by atoms with E-state index in [9.17, 15) is 10.2 Å². The highest BCUT2D eigenvalue weighted by atomic mass is 35.5. The number of rotatable bonds is 6. The molecule has 0 aliphatic heterocycles. The van der Waals surface area contributed by atoms with Crippen molar-refractivity contribution in [3.63, 3.8) is 0 Å². The number of aromatic hydroxyl groups is 2. The fourth-order valence-electron chi connectivity index (χ4n) is 2.54. The van der Waals surface area contributed by atoms with Crippen molar-refractivity contribution < 1.29 is 14.9 Å². The van der Waals surface area contributed by atoms with E-state index in [0.717, 1.165) is 18.4 Å². The van der Waals surface area contributed by atoms with E-state index in [1.807, 2.05) is 12.1 Å². The number of phenols is 2. The second-order valence-corrected chi connectivity index (χ2v) is 6.18. The van der Waals surface area contributed by atoms with Gasteiger partial charge in [-0.3, -0.25) is 4.99 Å². The van der Waals surface area contributed by atoms with Crippen LogP contribution in [0.4, 0.5) is 5.69 Å². The van der Waals surface area contributed by atoms with Crippen LogP contribution in [0.15, 0.2) is 35.3 Å². The third-order valence-electron chi connectivity index (χ3n) is 3.92. The van der Waals surface area contributed by atoms with Crippen molar-refractivity contribution in [2.45, 2.75) is 32.6 Å². The molecule has 2 rings (SSSR count). The number of hydrogen-bond acceptors (Lipinski definition) is 4. The summed E-state index contributed by atoms with van der Waals surface area (Å²) in [5.74, 6) is 0.718. The van der Waals surface area contributed by atoms with Crippen LogP contribution >= 0.6 is 11.6 Å².